The SMILES string of the molecule is O=C(c1ccc(=O)[nH]n1)N1[C@H]2CC[C@H]1c1ccccc12. The van der Waals surface area contributed by atoms with Crippen LogP contribution in [0.5, 0.6) is 0 Å². The molecule has 3 heterocycles. The highest BCUT2D eigenvalue weighted by atomic mass is 16.2. The number of aromatic nitrogens is 2. The van der Waals surface area contributed by atoms with Gasteiger partial charge in [-0.15, -0.1) is 0 Å². The van der Waals surface area contributed by atoms with Gasteiger partial charge < -0.3 is 4.90 Å². The zero-order valence-electron chi connectivity index (χ0n) is 10.7. The highest BCUT2D eigenvalue weighted by Gasteiger charge is 2.46. The van der Waals surface area contributed by atoms with Crippen LogP contribution in [-0.2, 0) is 0 Å². The molecule has 0 spiro atoms. The number of rotatable bonds is 1. The second kappa shape index (κ2) is 4.03. The Hall–Kier alpha value is -2.43. The smallest absolute Gasteiger partial charge is 0.275 e. The minimum Gasteiger partial charge on any atom is -0.323 e. The van der Waals surface area contributed by atoms with Crippen LogP contribution in [0.25, 0.3) is 0 Å². The molecule has 20 heavy (non-hydrogen) atoms. The Balaban J connectivity index is 1.73. The molecule has 0 saturated carbocycles. The summed E-state index contributed by atoms with van der Waals surface area (Å²) in [5, 5.41) is 6.18. The Bertz CT molecular complexity index is 701. The van der Waals surface area contributed by atoms with Crippen molar-refractivity contribution in [1.82, 2.24) is 15.1 Å². The number of hydrogen-bond donors (Lipinski definition) is 1. The van der Waals surface area contributed by atoms with Crippen molar-refractivity contribution in [2.24, 2.45) is 0 Å². The first-order valence-electron chi connectivity index (χ1n) is 6.73. The van der Waals surface area contributed by atoms with Gasteiger partial charge in [-0.05, 0) is 30.0 Å². The highest BCUT2D eigenvalue weighted by molar-refractivity contribution is 5.93. The summed E-state index contributed by atoms with van der Waals surface area (Å²) in [4.78, 5) is 25.6. The average Bonchev–Trinajstić information content (AvgIpc) is 3.04. The van der Waals surface area contributed by atoms with Crippen LogP contribution in [-0.4, -0.2) is 21.0 Å². The summed E-state index contributed by atoms with van der Waals surface area (Å²) in [5.74, 6) is -0.107. The summed E-state index contributed by atoms with van der Waals surface area (Å²) in [7, 11) is 0. The number of aromatic amines is 1. The number of carbonyl (C=O) groups is 1. The molecule has 4 rings (SSSR count). The van der Waals surface area contributed by atoms with Crippen molar-refractivity contribution in [2.45, 2.75) is 24.9 Å². The van der Waals surface area contributed by atoms with Gasteiger partial charge in [-0.3, -0.25) is 9.59 Å². The van der Waals surface area contributed by atoms with Gasteiger partial charge in [0.1, 0.15) is 5.69 Å². The lowest BCUT2D eigenvalue weighted by Gasteiger charge is -2.21. The summed E-state index contributed by atoms with van der Waals surface area (Å²) in [6, 6.07) is 11.4. The first-order chi connectivity index (χ1) is 9.75. The van der Waals surface area contributed by atoms with E-state index in [4.69, 9.17) is 0 Å². The van der Waals surface area contributed by atoms with E-state index in [0.29, 0.717) is 5.69 Å². The zero-order chi connectivity index (χ0) is 13.7. The van der Waals surface area contributed by atoms with E-state index in [1.807, 2.05) is 17.0 Å². The highest BCUT2D eigenvalue weighted by Crippen LogP contribution is 2.53. The lowest BCUT2D eigenvalue weighted by molar-refractivity contribution is 0.0689. The fourth-order valence-corrected chi connectivity index (χ4v) is 3.42. The summed E-state index contributed by atoms with van der Waals surface area (Å²) >= 11 is 0. The third-order valence-corrected chi connectivity index (χ3v) is 4.23. The van der Waals surface area contributed by atoms with Gasteiger partial charge >= 0.3 is 0 Å². The maximum Gasteiger partial charge on any atom is 0.275 e. The first kappa shape index (κ1) is 11.4. The Morgan fingerprint density at radius 1 is 1.10 bits per heavy atom. The molecule has 0 unspecified atom stereocenters. The fraction of sp³-hybridized carbons (Fsp3) is 0.267. The van der Waals surface area contributed by atoms with Crippen molar-refractivity contribution >= 4 is 5.91 Å². The van der Waals surface area contributed by atoms with Gasteiger partial charge in [0.25, 0.3) is 11.5 Å². The number of amides is 1. The summed E-state index contributed by atoms with van der Waals surface area (Å²) in [6.07, 6.45) is 1.99. The Labute approximate surface area is 115 Å². The van der Waals surface area contributed by atoms with Crippen LogP contribution in [0.15, 0.2) is 41.2 Å². The number of nitrogens with one attached hydrogen (secondary N) is 1. The van der Waals surface area contributed by atoms with Crippen LogP contribution in [0.1, 0.15) is 46.5 Å². The lowest BCUT2D eigenvalue weighted by Crippen LogP contribution is -2.29. The Morgan fingerprint density at radius 3 is 2.30 bits per heavy atom. The van der Waals surface area contributed by atoms with E-state index in [0.717, 1.165) is 12.8 Å². The maximum atomic E-state index is 12.6. The van der Waals surface area contributed by atoms with Gasteiger partial charge in [0.15, 0.2) is 0 Å². The monoisotopic (exact) mass is 267 g/mol. The van der Waals surface area contributed by atoms with Crippen molar-refractivity contribution in [3.05, 3.63) is 63.6 Å². The molecule has 0 radical (unpaired) electrons. The summed E-state index contributed by atoms with van der Waals surface area (Å²) in [6.45, 7) is 0. The van der Waals surface area contributed by atoms with Crippen molar-refractivity contribution in [1.29, 1.82) is 0 Å². The van der Waals surface area contributed by atoms with E-state index in [2.05, 4.69) is 22.3 Å². The second-order valence-corrected chi connectivity index (χ2v) is 5.26. The zero-order valence-corrected chi connectivity index (χ0v) is 10.7. The molecular weight excluding hydrogens is 254 g/mol. The number of benzene rings is 1. The van der Waals surface area contributed by atoms with Crippen molar-refractivity contribution in [3.63, 3.8) is 0 Å². The number of H-pyrrole nitrogens is 1. The first-order valence-corrected chi connectivity index (χ1v) is 6.73. The van der Waals surface area contributed by atoms with E-state index < -0.39 is 0 Å². The second-order valence-electron chi connectivity index (χ2n) is 5.26. The molecule has 1 fully saturated rings. The molecule has 1 N–H and O–H groups in total. The maximum absolute atomic E-state index is 12.6. The van der Waals surface area contributed by atoms with Gasteiger partial charge in [-0.25, -0.2) is 5.10 Å². The van der Waals surface area contributed by atoms with E-state index in [1.165, 1.54) is 23.3 Å². The topological polar surface area (TPSA) is 66.1 Å². The summed E-state index contributed by atoms with van der Waals surface area (Å²) in [5.41, 5.74) is 2.51. The van der Waals surface area contributed by atoms with E-state index >= 15 is 0 Å². The Morgan fingerprint density at radius 2 is 1.75 bits per heavy atom. The standard InChI is InChI=1S/C15H13N3O2/c19-14-8-5-11(16-17-14)15(20)18-12-6-7-13(18)10-4-2-1-3-9(10)12/h1-5,8,12-13H,6-7H2,(H,17,19)/t12-,13-/m0/s1. The van der Waals surface area contributed by atoms with E-state index in [-0.39, 0.29) is 23.6 Å². The van der Waals surface area contributed by atoms with Crippen molar-refractivity contribution < 1.29 is 4.79 Å². The van der Waals surface area contributed by atoms with Gasteiger partial charge in [-0.1, -0.05) is 24.3 Å². The predicted molar refractivity (Wildman–Crippen MR) is 72.2 cm³/mol. The molecule has 100 valence electrons. The van der Waals surface area contributed by atoms with Crippen LogP contribution in [0.4, 0.5) is 0 Å². The molecule has 2 aliphatic rings. The van der Waals surface area contributed by atoms with Crippen LogP contribution >= 0.6 is 0 Å². The molecule has 2 bridgehead atoms. The Kier molecular flexibility index (Phi) is 2.30. The van der Waals surface area contributed by atoms with Gasteiger partial charge in [-0.2, -0.15) is 5.10 Å². The quantitative estimate of drug-likeness (QED) is 0.856. The number of carbonyl (C=O) groups excluding carboxylic acids is 1. The molecule has 1 aromatic carbocycles. The number of nitrogens with zero attached hydrogens (tertiary/aromatic N) is 2. The third kappa shape index (κ3) is 1.46. The molecule has 0 aliphatic carbocycles. The predicted octanol–water partition coefficient (Wildman–Crippen LogP) is 1.80. The third-order valence-electron chi connectivity index (χ3n) is 4.23. The molecule has 5 nitrogen and oxygen atoms in total. The molecule has 1 amide bonds. The van der Waals surface area contributed by atoms with E-state index in [9.17, 15) is 9.59 Å². The molecule has 1 aromatic heterocycles. The average molecular weight is 267 g/mol. The van der Waals surface area contributed by atoms with Crippen LogP contribution in [0, 0.1) is 0 Å². The van der Waals surface area contributed by atoms with Crippen LogP contribution < -0.4 is 5.56 Å². The number of fused-ring (bicyclic) bond motifs is 5. The molecular formula is C15H13N3O2. The van der Waals surface area contributed by atoms with Crippen molar-refractivity contribution in [3.8, 4) is 0 Å². The minimum absolute atomic E-state index is 0.107. The van der Waals surface area contributed by atoms with Gasteiger partial charge in [0.05, 0.1) is 12.1 Å². The number of hydrogen-bond acceptors (Lipinski definition) is 3. The van der Waals surface area contributed by atoms with Gasteiger partial charge in [0, 0.05) is 6.07 Å². The lowest BCUT2D eigenvalue weighted by atomic mass is 9.92. The minimum atomic E-state index is -0.297. The molecule has 5 heteroatoms. The fourth-order valence-electron chi connectivity index (χ4n) is 3.42. The van der Waals surface area contributed by atoms with Crippen LogP contribution in [0.3, 0.4) is 0 Å². The van der Waals surface area contributed by atoms with Crippen LogP contribution in [0.2, 0.25) is 0 Å². The molecule has 2 aliphatic heterocycles. The summed E-state index contributed by atoms with van der Waals surface area (Å²) < 4.78 is 0. The van der Waals surface area contributed by atoms with Gasteiger partial charge in [0.2, 0.25) is 0 Å². The molecule has 2 aromatic rings. The largest absolute Gasteiger partial charge is 0.323 e. The molecule has 2 atom stereocenters. The van der Waals surface area contributed by atoms with E-state index in [1.54, 1.807) is 0 Å². The van der Waals surface area contributed by atoms with Crippen molar-refractivity contribution in [2.75, 3.05) is 0 Å². The molecule has 1 saturated heterocycles. The normalized spacial score (nSPS) is 22.9.